The van der Waals surface area contributed by atoms with Crippen molar-refractivity contribution in [2.75, 3.05) is 19.7 Å². The van der Waals surface area contributed by atoms with Gasteiger partial charge in [-0.05, 0) is 51.9 Å². The second-order valence-corrected chi connectivity index (χ2v) is 6.23. The van der Waals surface area contributed by atoms with Gasteiger partial charge in [-0.15, -0.1) is 0 Å². The highest BCUT2D eigenvalue weighted by atomic mass is 35.5. The van der Waals surface area contributed by atoms with E-state index in [0.717, 1.165) is 25.9 Å². The number of halogens is 1. The van der Waals surface area contributed by atoms with Crippen molar-refractivity contribution in [2.45, 2.75) is 32.3 Å². The summed E-state index contributed by atoms with van der Waals surface area (Å²) in [6.45, 7) is 5.76. The summed E-state index contributed by atoms with van der Waals surface area (Å²) < 4.78 is 11.0. The van der Waals surface area contributed by atoms with Crippen molar-refractivity contribution in [3.05, 3.63) is 29.3 Å². The zero-order valence-electron chi connectivity index (χ0n) is 12.5. The Labute approximate surface area is 130 Å². The van der Waals surface area contributed by atoms with E-state index in [-0.39, 0.29) is 12.6 Å². The highest BCUT2D eigenvalue weighted by molar-refractivity contribution is 6.32. The molecule has 1 aromatic rings. The quantitative estimate of drug-likeness (QED) is 0.849. The van der Waals surface area contributed by atoms with Crippen molar-refractivity contribution in [2.24, 2.45) is 5.92 Å². The number of carbonyl (C=O) groups excluding carboxylic acids is 1. The summed E-state index contributed by atoms with van der Waals surface area (Å²) in [4.78, 5) is 12.0. The van der Waals surface area contributed by atoms with Gasteiger partial charge in [-0.25, -0.2) is 4.79 Å². The van der Waals surface area contributed by atoms with E-state index in [9.17, 15) is 4.79 Å². The average Bonchev–Trinajstić information content (AvgIpc) is 2.47. The number of ether oxygens (including phenoxy) is 2. The lowest BCUT2D eigenvalue weighted by Crippen LogP contribution is -2.43. The summed E-state index contributed by atoms with van der Waals surface area (Å²) in [5.74, 6) is 0.511. The molecule has 1 aromatic carbocycles. The van der Waals surface area contributed by atoms with E-state index in [1.54, 1.807) is 12.1 Å². The zero-order chi connectivity index (χ0) is 15.3. The third kappa shape index (κ3) is 4.61. The Morgan fingerprint density at radius 2 is 2.00 bits per heavy atom. The second-order valence-electron chi connectivity index (χ2n) is 5.82. The standard InChI is InChI=1S/C16H22ClNO3/c1-16(2,12-7-9-18-10-8-12)21-15(19)11-20-14-6-4-3-5-13(14)17/h3-6,12,18H,7-11H2,1-2H3. The smallest absolute Gasteiger partial charge is 0.344 e. The highest BCUT2D eigenvalue weighted by Gasteiger charge is 2.34. The highest BCUT2D eigenvalue weighted by Crippen LogP contribution is 2.29. The summed E-state index contributed by atoms with van der Waals surface area (Å²) in [5.41, 5.74) is -0.469. The van der Waals surface area contributed by atoms with Crippen LogP contribution in [-0.2, 0) is 9.53 Å². The van der Waals surface area contributed by atoms with Crippen LogP contribution < -0.4 is 10.1 Å². The molecule has 5 heteroatoms. The number of para-hydroxylation sites is 1. The van der Waals surface area contributed by atoms with Gasteiger partial charge in [0, 0.05) is 5.92 Å². The van der Waals surface area contributed by atoms with Crippen molar-refractivity contribution in [3.63, 3.8) is 0 Å². The fraction of sp³-hybridized carbons (Fsp3) is 0.562. The first-order valence-electron chi connectivity index (χ1n) is 7.29. The molecule has 4 nitrogen and oxygen atoms in total. The van der Waals surface area contributed by atoms with Crippen LogP contribution in [0.25, 0.3) is 0 Å². The summed E-state index contributed by atoms with van der Waals surface area (Å²) in [7, 11) is 0. The number of esters is 1. The fourth-order valence-corrected chi connectivity index (χ4v) is 2.81. The Morgan fingerprint density at radius 3 is 2.67 bits per heavy atom. The Balaban J connectivity index is 1.84. The molecule has 0 spiro atoms. The first-order chi connectivity index (χ1) is 9.99. The lowest BCUT2D eigenvalue weighted by atomic mass is 9.83. The summed E-state index contributed by atoms with van der Waals surface area (Å²) in [6.07, 6.45) is 2.04. The number of hydrogen-bond donors (Lipinski definition) is 1. The minimum Gasteiger partial charge on any atom is -0.480 e. The Morgan fingerprint density at radius 1 is 1.33 bits per heavy atom. The van der Waals surface area contributed by atoms with Crippen LogP contribution in [0.3, 0.4) is 0 Å². The van der Waals surface area contributed by atoms with Crippen LogP contribution in [0.4, 0.5) is 0 Å². The van der Waals surface area contributed by atoms with Gasteiger partial charge in [0.05, 0.1) is 5.02 Å². The van der Waals surface area contributed by atoms with Crippen LogP contribution >= 0.6 is 11.6 Å². The first kappa shape index (κ1) is 16.1. The molecule has 1 saturated heterocycles. The number of piperidine rings is 1. The predicted octanol–water partition coefficient (Wildman–Crippen LogP) is 3.04. The minimum absolute atomic E-state index is 0.127. The maximum atomic E-state index is 12.0. The molecule has 21 heavy (non-hydrogen) atoms. The Bertz CT molecular complexity index is 484. The van der Waals surface area contributed by atoms with Gasteiger partial charge in [0.15, 0.2) is 6.61 Å². The molecule has 0 saturated carbocycles. The first-order valence-corrected chi connectivity index (χ1v) is 7.67. The molecule has 1 N–H and O–H groups in total. The van der Waals surface area contributed by atoms with Crippen LogP contribution in [-0.4, -0.2) is 31.3 Å². The Hall–Kier alpha value is -1.26. The fourth-order valence-electron chi connectivity index (χ4n) is 2.62. The molecule has 0 radical (unpaired) electrons. The summed E-state index contributed by atoms with van der Waals surface area (Å²) in [5, 5.41) is 3.80. The van der Waals surface area contributed by atoms with Gasteiger partial charge in [0.2, 0.25) is 0 Å². The SMILES string of the molecule is CC(C)(OC(=O)COc1ccccc1Cl)C1CCNCC1. The number of hydrogen-bond acceptors (Lipinski definition) is 4. The van der Waals surface area contributed by atoms with E-state index in [0.29, 0.717) is 16.7 Å². The number of carbonyl (C=O) groups is 1. The molecule has 0 aromatic heterocycles. The molecular weight excluding hydrogens is 290 g/mol. The van der Waals surface area contributed by atoms with Crippen LogP contribution in [0.1, 0.15) is 26.7 Å². The van der Waals surface area contributed by atoms with E-state index in [2.05, 4.69) is 5.32 Å². The summed E-state index contributed by atoms with van der Waals surface area (Å²) >= 11 is 5.98. The van der Waals surface area contributed by atoms with Gasteiger partial charge in [-0.1, -0.05) is 23.7 Å². The van der Waals surface area contributed by atoms with Gasteiger partial charge < -0.3 is 14.8 Å². The van der Waals surface area contributed by atoms with Crippen molar-refractivity contribution in [1.29, 1.82) is 0 Å². The molecule has 0 bridgehead atoms. The molecule has 2 rings (SSSR count). The van der Waals surface area contributed by atoms with Gasteiger partial charge in [0.1, 0.15) is 11.4 Å². The van der Waals surface area contributed by atoms with Crippen LogP contribution in [0, 0.1) is 5.92 Å². The predicted molar refractivity (Wildman–Crippen MR) is 82.7 cm³/mol. The number of benzene rings is 1. The molecular formula is C16H22ClNO3. The van der Waals surface area contributed by atoms with E-state index in [1.165, 1.54) is 0 Å². The Kier molecular flexibility index (Phi) is 5.48. The van der Waals surface area contributed by atoms with Crippen molar-refractivity contribution in [3.8, 4) is 5.75 Å². The largest absolute Gasteiger partial charge is 0.480 e. The molecule has 0 unspecified atom stereocenters. The normalized spacial score (nSPS) is 16.5. The van der Waals surface area contributed by atoms with E-state index < -0.39 is 5.60 Å². The van der Waals surface area contributed by atoms with Crippen LogP contribution in [0.2, 0.25) is 5.02 Å². The zero-order valence-corrected chi connectivity index (χ0v) is 13.3. The lowest BCUT2D eigenvalue weighted by Gasteiger charge is -2.36. The molecule has 1 aliphatic heterocycles. The number of rotatable bonds is 5. The minimum atomic E-state index is -0.469. The third-order valence-electron chi connectivity index (χ3n) is 3.88. The summed E-state index contributed by atoms with van der Waals surface area (Å²) in [6, 6.07) is 7.08. The van der Waals surface area contributed by atoms with E-state index >= 15 is 0 Å². The lowest BCUT2D eigenvalue weighted by molar-refractivity contribution is -0.165. The van der Waals surface area contributed by atoms with E-state index in [4.69, 9.17) is 21.1 Å². The molecule has 0 amide bonds. The maximum absolute atomic E-state index is 12.0. The molecule has 1 heterocycles. The number of nitrogens with one attached hydrogen (secondary N) is 1. The second kappa shape index (κ2) is 7.14. The van der Waals surface area contributed by atoms with Gasteiger partial charge >= 0.3 is 5.97 Å². The van der Waals surface area contributed by atoms with Crippen molar-refractivity contribution in [1.82, 2.24) is 5.32 Å². The van der Waals surface area contributed by atoms with Crippen molar-refractivity contribution < 1.29 is 14.3 Å². The van der Waals surface area contributed by atoms with Gasteiger partial charge in [-0.3, -0.25) is 0 Å². The van der Waals surface area contributed by atoms with Crippen LogP contribution in [0.5, 0.6) is 5.75 Å². The van der Waals surface area contributed by atoms with Crippen molar-refractivity contribution >= 4 is 17.6 Å². The molecule has 0 aliphatic carbocycles. The van der Waals surface area contributed by atoms with E-state index in [1.807, 2.05) is 26.0 Å². The van der Waals surface area contributed by atoms with Gasteiger partial charge in [0.25, 0.3) is 0 Å². The monoisotopic (exact) mass is 311 g/mol. The topological polar surface area (TPSA) is 47.6 Å². The van der Waals surface area contributed by atoms with Crippen LogP contribution in [0.15, 0.2) is 24.3 Å². The molecule has 116 valence electrons. The average molecular weight is 312 g/mol. The molecule has 1 aliphatic rings. The maximum Gasteiger partial charge on any atom is 0.344 e. The van der Waals surface area contributed by atoms with Gasteiger partial charge in [-0.2, -0.15) is 0 Å². The molecule has 1 fully saturated rings. The molecule has 0 atom stereocenters. The third-order valence-corrected chi connectivity index (χ3v) is 4.19.